The molecule has 5 heteroatoms. The molecule has 1 aromatic carbocycles. The zero-order valence-electron chi connectivity index (χ0n) is 11.8. The molecule has 0 N–H and O–H groups in total. The van der Waals surface area contributed by atoms with E-state index in [0.717, 1.165) is 18.5 Å². The summed E-state index contributed by atoms with van der Waals surface area (Å²) in [5.74, 6) is -0.294. The van der Waals surface area contributed by atoms with E-state index in [0.29, 0.717) is 24.5 Å². The summed E-state index contributed by atoms with van der Waals surface area (Å²) in [5, 5.41) is 0. The molecule has 2 rings (SSSR count). The van der Waals surface area contributed by atoms with Crippen molar-refractivity contribution in [3.8, 4) is 5.75 Å². The number of carbonyl (C=O) groups is 2. The lowest BCUT2D eigenvalue weighted by atomic mass is 10.0. The summed E-state index contributed by atoms with van der Waals surface area (Å²) >= 11 is 0. The first-order valence-electron chi connectivity index (χ1n) is 6.65. The monoisotopic (exact) mass is 277 g/mol. The van der Waals surface area contributed by atoms with Crippen LogP contribution in [-0.4, -0.2) is 50.5 Å². The topological polar surface area (TPSA) is 55.8 Å². The SMILES string of the molecule is CN(C)CCOCCc1ccc2c(c1)C(=O)CC(=O)O2. The van der Waals surface area contributed by atoms with E-state index in [-0.39, 0.29) is 12.2 Å². The molecule has 0 saturated heterocycles. The third-order valence-corrected chi connectivity index (χ3v) is 3.09. The fourth-order valence-corrected chi connectivity index (χ4v) is 1.96. The van der Waals surface area contributed by atoms with Crippen molar-refractivity contribution in [2.75, 3.05) is 33.9 Å². The van der Waals surface area contributed by atoms with Gasteiger partial charge in [0, 0.05) is 6.54 Å². The van der Waals surface area contributed by atoms with Crippen molar-refractivity contribution in [1.29, 1.82) is 0 Å². The number of ketones is 1. The van der Waals surface area contributed by atoms with E-state index in [4.69, 9.17) is 9.47 Å². The zero-order valence-corrected chi connectivity index (χ0v) is 11.8. The summed E-state index contributed by atoms with van der Waals surface area (Å²) in [4.78, 5) is 25.0. The van der Waals surface area contributed by atoms with Crippen LogP contribution in [0.5, 0.6) is 5.75 Å². The minimum atomic E-state index is -0.484. The number of hydrogen-bond donors (Lipinski definition) is 0. The average molecular weight is 277 g/mol. The number of carbonyl (C=O) groups excluding carboxylic acids is 2. The lowest BCUT2D eigenvalue weighted by molar-refractivity contribution is -0.133. The minimum absolute atomic E-state index is 0.171. The van der Waals surface area contributed by atoms with Gasteiger partial charge < -0.3 is 14.4 Å². The molecule has 0 fully saturated rings. The van der Waals surface area contributed by atoms with Gasteiger partial charge >= 0.3 is 5.97 Å². The van der Waals surface area contributed by atoms with Crippen LogP contribution in [0.4, 0.5) is 0 Å². The Balaban J connectivity index is 1.89. The molecule has 0 saturated carbocycles. The van der Waals surface area contributed by atoms with Crippen molar-refractivity contribution in [1.82, 2.24) is 4.90 Å². The van der Waals surface area contributed by atoms with Crippen LogP contribution in [0.2, 0.25) is 0 Å². The summed E-state index contributed by atoms with van der Waals surface area (Å²) in [6.07, 6.45) is 0.567. The first-order valence-corrected chi connectivity index (χ1v) is 6.65. The predicted octanol–water partition coefficient (Wildman–Crippen LogP) is 1.30. The van der Waals surface area contributed by atoms with E-state index in [9.17, 15) is 9.59 Å². The van der Waals surface area contributed by atoms with Crippen molar-refractivity contribution < 1.29 is 19.1 Å². The molecule has 0 aromatic heterocycles. The Hall–Kier alpha value is -1.72. The van der Waals surface area contributed by atoms with Gasteiger partial charge in [-0.05, 0) is 38.2 Å². The summed E-state index contributed by atoms with van der Waals surface area (Å²) in [5.41, 5.74) is 1.51. The highest BCUT2D eigenvalue weighted by Gasteiger charge is 2.24. The van der Waals surface area contributed by atoms with Crippen LogP contribution in [0.25, 0.3) is 0 Å². The highest BCUT2D eigenvalue weighted by Crippen LogP contribution is 2.26. The molecule has 0 spiro atoms. The van der Waals surface area contributed by atoms with Gasteiger partial charge in [0.25, 0.3) is 0 Å². The third kappa shape index (κ3) is 3.88. The Morgan fingerprint density at radius 3 is 2.80 bits per heavy atom. The van der Waals surface area contributed by atoms with Gasteiger partial charge in [-0.1, -0.05) is 6.07 Å². The highest BCUT2D eigenvalue weighted by molar-refractivity contribution is 6.10. The number of Topliss-reactive ketones (excluding diaryl/α,β-unsaturated/α-hetero) is 1. The Morgan fingerprint density at radius 2 is 2.05 bits per heavy atom. The minimum Gasteiger partial charge on any atom is -0.425 e. The molecule has 1 heterocycles. The van der Waals surface area contributed by atoms with Crippen LogP contribution < -0.4 is 4.74 Å². The van der Waals surface area contributed by atoms with Crippen LogP contribution in [0, 0.1) is 0 Å². The van der Waals surface area contributed by atoms with Gasteiger partial charge in [0.1, 0.15) is 12.2 Å². The van der Waals surface area contributed by atoms with E-state index >= 15 is 0 Å². The zero-order chi connectivity index (χ0) is 14.5. The molecule has 0 unspecified atom stereocenters. The van der Waals surface area contributed by atoms with Crippen LogP contribution >= 0.6 is 0 Å². The van der Waals surface area contributed by atoms with Crippen molar-refractivity contribution in [3.05, 3.63) is 29.3 Å². The lowest BCUT2D eigenvalue weighted by Gasteiger charge is -2.15. The van der Waals surface area contributed by atoms with E-state index in [1.54, 1.807) is 12.1 Å². The van der Waals surface area contributed by atoms with Gasteiger partial charge in [0.05, 0.1) is 18.8 Å². The number of likely N-dealkylation sites (N-methyl/N-ethyl adjacent to an activating group) is 1. The molecule has 1 aromatic rings. The van der Waals surface area contributed by atoms with Gasteiger partial charge in [0.15, 0.2) is 5.78 Å². The molecular weight excluding hydrogens is 258 g/mol. The van der Waals surface area contributed by atoms with Gasteiger partial charge in [-0.3, -0.25) is 9.59 Å². The van der Waals surface area contributed by atoms with Crippen molar-refractivity contribution in [2.24, 2.45) is 0 Å². The lowest BCUT2D eigenvalue weighted by Crippen LogP contribution is -2.21. The van der Waals surface area contributed by atoms with Gasteiger partial charge in [-0.25, -0.2) is 0 Å². The molecule has 0 radical (unpaired) electrons. The van der Waals surface area contributed by atoms with Crippen molar-refractivity contribution in [2.45, 2.75) is 12.8 Å². The standard InChI is InChI=1S/C15H19NO4/c1-16(2)6-8-19-7-5-11-3-4-14-12(9-11)13(17)10-15(18)20-14/h3-4,9H,5-8,10H2,1-2H3. The second kappa shape index (κ2) is 6.63. The number of ether oxygens (including phenoxy) is 2. The molecule has 1 aliphatic rings. The highest BCUT2D eigenvalue weighted by atomic mass is 16.5. The fraction of sp³-hybridized carbons (Fsp3) is 0.467. The van der Waals surface area contributed by atoms with Crippen LogP contribution in [0.3, 0.4) is 0 Å². The summed E-state index contributed by atoms with van der Waals surface area (Å²) in [6.45, 7) is 2.19. The normalized spacial score (nSPS) is 14.3. The fourth-order valence-electron chi connectivity index (χ4n) is 1.96. The van der Waals surface area contributed by atoms with Gasteiger partial charge in [-0.15, -0.1) is 0 Å². The summed E-state index contributed by atoms with van der Waals surface area (Å²) in [6, 6.07) is 5.33. The van der Waals surface area contributed by atoms with Crippen LogP contribution in [0.1, 0.15) is 22.3 Å². The number of benzene rings is 1. The maximum atomic E-state index is 11.8. The van der Waals surface area contributed by atoms with Gasteiger partial charge in [0.2, 0.25) is 0 Å². The number of rotatable bonds is 6. The van der Waals surface area contributed by atoms with E-state index in [1.807, 2.05) is 20.2 Å². The molecule has 0 atom stereocenters. The maximum absolute atomic E-state index is 11.8. The summed E-state index contributed by atoms with van der Waals surface area (Å²) in [7, 11) is 4.00. The maximum Gasteiger partial charge on any atom is 0.319 e. The first kappa shape index (κ1) is 14.7. The molecule has 0 bridgehead atoms. The van der Waals surface area contributed by atoms with E-state index in [2.05, 4.69) is 4.90 Å². The second-order valence-corrected chi connectivity index (χ2v) is 5.07. The molecular formula is C15H19NO4. The summed E-state index contributed by atoms with van der Waals surface area (Å²) < 4.78 is 10.6. The van der Waals surface area contributed by atoms with E-state index < -0.39 is 5.97 Å². The number of hydrogen-bond acceptors (Lipinski definition) is 5. The number of nitrogens with zero attached hydrogens (tertiary/aromatic N) is 1. The number of fused-ring (bicyclic) bond motifs is 1. The molecule has 20 heavy (non-hydrogen) atoms. The first-order chi connectivity index (χ1) is 9.56. The van der Waals surface area contributed by atoms with Crippen LogP contribution in [0.15, 0.2) is 18.2 Å². The Labute approximate surface area is 118 Å². The predicted molar refractivity (Wildman–Crippen MR) is 74.1 cm³/mol. The largest absolute Gasteiger partial charge is 0.425 e. The molecule has 1 aliphatic heterocycles. The van der Waals surface area contributed by atoms with Crippen molar-refractivity contribution in [3.63, 3.8) is 0 Å². The van der Waals surface area contributed by atoms with Crippen molar-refractivity contribution >= 4 is 11.8 Å². The Kier molecular flexibility index (Phi) is 4.87. The average Bonchev–Trinajstić information content (AvgIpc) is 2.38. The molecule has 5 nitrogen and oxygen atoms in total. The third-order valence-electron chi connectivity index (χ3n) is 3.09. The second-order valence-electron chi connectivity index (χ2n) is 5.07. The number of esters is 1. The Morgan fingerprint density at radius 1 is 1.25 bits per heavy atom. The van der Waals surface area contributed by atoms with Crippen LogP contribution in [-0.2, 0) is 16.0 Å². The smallest absolute Gasteiger partial charge is 0.319 e. The molecule has 108 valence electrons. The Bertz CT molecular complexity index is 511. The quantitative estimate of drug-likeness (QED) is 0.339. The molecule has 0 aliphatic carbocycles. The van der Waals surface area contributed by atoms with E-state index in [1.165, 1.54) is 0 Å². The molecule has 0 amide bonds. The van der Waals surface area contributed by atoms with Gasteiger partial charge in [-0.2, -0.15) is 0 Å².